The van der Waals surface area contributed by atoms with Crippen LogP contribution < -0.4 is 9.47 Å². The van der Waals surface area contributed by atoms with Crippen molar-refractivity contribution in [2.75, 3.05) is 13.7 Å². The first-order valence-electron chi connectivity index (χ1n) is 9.35. The van der Waals surface area contributed by atoms with Gasteiger partial charge in [-0.1, -0.05) is 6.07 Å². The van der Waals surface area contributed by atoms with E-state index in [0.717, 1.165) is 25.0 Å². The highest BCUT2D eigenvalue weighted by molar-refractivity contribution is 7.89. The van der Waals surface area contributed by atoms with Gasteiger partial charge in [0.1, 0.15) is 23.0 Å². The van der Waals surface area contributed by atoms with Gasteiger partial charge in [-0.25, -0.2) is 8.42 Å². The predicted octanol–water partition coefficient (Wildman–Crippen LogP) is 2.53. The Balaban J connectivity index is 1.55. The van der Waals surface area contributed by atoms with Gasteiger partial charge >= 0.3 is 0 Å². The van der Waals surface area contributed by atoms with E-state index < -0.39 is 10.0 Å². The van der Waals surface area contributed by atoms with E-state index in [1.807, 2.05) is 31.2 Å². The zero-order valence-corrected chi connectivity index (χ0v) is 16.4. The molecule has 8 heteroatoms. The minimum atomic E-state index is -3.58. The molecule has 2 heterocycles. The van der Waals surface area contributed by atoms with Crippen LogP contribution in [0.5, 0.6) is 11.5 Å². The van der Waals surface area contributed by atoms with Crippen LogP contribution in [0.1, 0.15) is 26.2 Å². The molecule has 7 nitrogen and oxygen atoms in total. The number of ether oxygens (including phenoxy) is 2. The minimum absolute atomic E-state index is 0.0592. The molecular formula is C19H25N3O4S. The lowest BCUT2D eigenvalue weighted by Gasteiger charge is -2.33. The van der Waals surface area contributed by atoms with Gasteiger partial charge in [0.25, 0.3) is 0 Å². The highest BCUT2D eigenvalue weighted by Crippen LogP contribution is 2.45. The Morgan fingerprint density at radius 1 is 1.26 bits per heavy atom. The summed E-state index contributed by atoms with van der Waals surface area (Å²) >= 11 is 0. The second kappa shape index (κ2) is 7.16. The van der Waals surface area contributed by atoms with E-state index in [2.05, 4.69) is 5.10 Å². The van der Waals surface area contributed by atoms with Gasteiger partial charge in [0.2, 0.25) is 10.0 Å². The smallest absolute Gasteiger partial charge is 0.246 e. The second-order valence-electron chi connectivity index (χ2n) is 7.15. The highest BCUT2D eigenvalue weighted by atomic mass is 32.2. The van der Waals surface area contributed by atoms with Gasteiger partial charge in [-0.2, -0.15) is 9.40 Å². The molecule has 0 spiro atoms. The zero-order valence-electron chi connectivity index (χ0n) is 15.6. The van der Waals surface area contributed by atoms with E-state index in [-0.39, 0.29) is 17.0 Å². The van der Waals surface area contributed by atoms with Crippen LogP contribution in [-0.4, -0.2) is 48.3 Å². The third-order valence-electron chi connectivity index (χ3n) is 5.65. The van der Waals surface area contributed by atoms with Gasteiger partial charge in [-0.15, -0.1) is 0 Å². The molecule has 1 aliphatic carbocycles. The van der Waals surface area contributed by atoms with Crippen molar-refractivity contribution in [2.24, 2.45) is 5.92 Å². The molecule has 4 rings (SSSR count). The Bertz CT molecular complexity index is 911. The van der Waals surface area contributed by atoms with Crippen molar-refractivity contribution in [3.05, 3.63) is 36.7 Å². The van der Waals surface area contributed by atoms with Crippen molar-refractivity contribution < 1.29 is 17.9 Å². The van der Waals surface area contributed by atoms with Crippen LogP contribution in [0.25, 0.3) is 0 Å². The van der Waals surface area contributed by atoms with Crippen LogP contribution in [0, 0.1) is 5.92 Å². The number of fused-ring (bicyclic) bond motifs is 2. The Morgan fingerprint density at radius 3 is 2.81 bits per heavy atom. The summed E-state index contributed by atoms with van der Waals surface area (Å²) in [5, 5.41) is 4.14. The lowest BCUT2D eigenvalue weighted by molar-refractivity contribution is 0.162. The van der Waals surface area contributed by atoms with Crippen LogP contribution in [0.3, 0.4) is 0 Å². The number of nitrogens with zero attached hydrogens (tertiary/aromatic N) is 3. The Kier molecular flexibility index (Phi) is 4.86. The summed E-state index contributed by atoms with van der Waals surface area (Å²) in [6, 6.07) is 7.31. The lowest BCUT2D eigenvalue weighted by atomic mass is 10.0. The van der Waals surface area contributed by atoms with E-state index in [1.165, 1.54) is 6.20 Å². The number of aryl methyl sites for hydroxylation is 1. The number of hydrogen-bond donors (Lipinski definition) is 0. The standard InChI is InChI=1S/C19H25N3O4S/c1-3-21-12-18(11-20-21)27(23,24)22-15-8-7-14(9-15)19(22)13-26-17-6-4-5-16(10-17)25-2/h4-6,10-12,14-15,19H,3,7-9,13H2,1-2H3/t14-,15+,19+/m0/s1. The van der Waals surface area contributed by atoms with E-state index in [4.69, 9.17) is 9.47 Å². The summed E-state index contributed by atoms with van der Waals surface area (Å²) in [4.78, 5) is 0.267. The molecule has 2 aromatic rings. The molecule has 0 N–H and O–H groups in total. The molecule has 0 unspecified atom stereocenters. The fourth-order valence-electron chi connectivity index (χ4n) is 4.28. The second-order valence-corrected chi connectivity index (χ2v) is 8.99. The third kappa shape index (κ3) is 3.32. The average molecular weight is 391 g/mol. The number of methoxy groups -OCH3 is 1. The fraction of sp³-hybridized carbons (Fsp3) is 0.526. The number of sulfonamides is 1. The third-order valence-corrected chi connectivity index (χ3v) is 7.58. The first-order valence-corrected chi connectivity index (χ1v) is 10.8. The summed E-state index contributed by atoms with van der Waals surface area (Å²) in [7, 11) is -1.97. The molecule has 146 valence electrons. The Labute approximate surface area is 159 Å². The van der Waals surface area contributed by atoms with Crippen molar-refractivity contribution in [1.29, 1.82) is 0 Å². The average Bonchev–Trinajstić information content (AvgIpc) is 3.41. The monoisotopic (exact) mass is 391 g/mol. The van der Waals surface area contributed by atoms with Crippen molar-refractivity contribution in [3.8, 4) is 11.5 Å². The first kappa shape index (κ1) is 18.3. The molecule has 2 bridgehead atoms. The number of aromatic nitrogens is 2. The molecule has 2 aliphatic rings. The molecule has 1 saturated heterocycles. The van der Waals surface area contributed by atoms with Crippen LogP contribution in [0.2, 0.25) is 0 Å². The molecule has 2 fully saturated rings. The van der Waals surface area contributed by atoms with Crippen molar-refractivity contribution in [3.63, 3.8) is 0 Å². The zero-order chi connectivity index (χ0) is 19.0. The van der Waals surface area contributed by atoms with Crippen LogP contribution in [0.4, 0.5) is 0 Å². The lowest BCUT2D eigenvalue weighted by Crippen LogP contribution is -2.47. The fourth-order valence-corrected chi connectivity index (χ4v) is 6.13. The molecular weight excluding hydrogens is 366 g/mol. The molecule has 0 amide bonds. The van der Waals surface area contributed by atoms with E-state index in [9.17, 15) is 8.42 Å². The number of hydrogen-bond acceptors (Lipinski definition) is 5. The van der Waals surface area contributed by atoms with Crippen LogP contribution in [0.15, 0.2) is 41.6 Å². The number of piperidine rings is 1. The van der Waals surface area contributed by atoms with Crippen molar-refractivity contribution in [2.45, 2.75) is 49.7 Å². The van der Waals surface area contributed by atoms with Gasteiger partial charge in [0.15, 0.2) is 0 Å². The molecule has 27 heavy (non-hydrogen) atoms. The van der Waals surface area contributed by atoms with E-state index >= 15 is 0 Å². The number of rotatable bonds is 7. The van der Waals surface area contributed by atoms with Crippen molar-refractivity contribution >= 4 is 10.0 Å². The molecule has 1 aliphatic heterocycles. The highest BCUT2D eigenvalue weighted by Gasteiger charge is 2.52. The van der Waals surface area contributed by atoms with Gasteiger partial charge in [0, 0.05) is 24.8 Å². The van der Waals surface area contributed by atoms with E-state index in [0.29, 0.717) is 24.8 Å². The summed E-state index contributed by atoms with van der Waals surface area (Å²) in [6.45, 7) is 2.92. The topological polar surface area (TPSA) is 73.7 Å². The predicted molar refractivity (Wildman–Crippen MR) is 100 cm³/mol. The van der Waals surface area contributed by atoms with Crippen molar-refractivity contribution in [1.82, 2.24) is 14.1 Å². The summed E-state index contributed by atoms with van der Waals surface area (Å²) < 4.78 is 41.1. The largest absolute Gasteiger partial charge is 0.497 e. The normalized spacial score (nSPS) is 25.0. The first-order chi connectivity index (χ1) is 13.0. The Morgan fingerprint density at radius 2 is 2.07 bits per heavy atom. The summed E-state index contributed by atoms with van der Waals surface area (Å²) in [6.07, 6.45) is 5.94. The van der Waals surface area contributed by atoms with Crippen LogP contribution in [-0.2, 0) is 16.6 Å². The van der Waals surface area contributed by atoms with E-state index in [1.54, 1.807) is 22.3 Å². The summed E-state index contributed by atoms with van der Waals surface area (Å²) in [5.74, 6) is 1.75. The molecule has 3 atom stereocenters. The SMILES string of the molecule is CCn1cc(S(=O)(=O)N2[C@@H]3CC[C@@H](C3)[C@H]2COc2cccc(OC)c2)cn1. The quantitative estimate of drug-likeness (QED) is 0.725. The van der Waals surface area contributed by atoms with Gasteiger partial charge < -0.3 is 9.47 Å². The molecule has 1 saturated carbocycles. The van der Waals surface area contributed by atoms with Gasteiger partial charge in [-0.05, 0) is 44.2 Å². The summed E-state index contributed by atoms with van der Waals surface area (Å²) in [5.41, 5.74) is 0. The maximum absolute atomic E-state index is 13.3. The minimum Gasteiger partial charge on any atom is -0.497 e. The molecule has 0 radical (unpaired) electrons. The Hall–Kier alpha value is -2.06. The molecule has 1 aromatic heterocycles. The number of benzene rings is 1. The maximum Gasteiger partial charge on any atom is 0.246 e. The van der Waals surface area contributed by atoms with Crippen LogP contribution >= 0.6 is 0 Å². The van der Waals surface area contributed by atoms with Gasteiger partial charge in [-0.3, -0.25) is 4.68 Å². The van der Waals surface area contributed by atoms with Gasteiger partial charge in [0.05, 0.1) is 19.3 Å². The molecule has 1 aromatic carbocycles. The maximum atomic E-state index is 13.3.